The summed E-state index contributed by atoms with van der Waals surface area (Å²) >= 11 is 0. The van der Waals surface area contributed by atoms with Crippen molar-refractivity contribution < 1.29 is 9.47 Å². The first kappa shape index (κ1) is 11.9. The molecule has 0 spiro atoms. The number of nitrogens with zero attached hydrogens (tertiary/aromatic N) is 1. The maximum Gasteiger partial charge on any atom is 0.0623 e. The minimum absolute atomic E-state index is 0.514. The van der Waals surface area contributed by atoms with Crippen LogP contribution in [0.25, 0.3) is 0 Å². The molecule has 1 rings (SSSR count). The molecule has 1 heterocycles. The number of hydrogen-bond acceptors (Lipinski definition) is 4. The summed E-state index contributed by atoms with van der Waals surface area (Å²) in [5.74, 6) is 0.613. The molecule has 0 aromatic carbocycles. The fraction of sp³-hybridized carbons (Fsp3) is 1.00. The molecule has 0 aromatic rings. The average Bonchev–Trinajstić information content (AvgIpc) is 2.62. The zero-order valence-corrected chi connectivity index (χ0v) is 9.45. The predicted octanol–water partition coefficient (Wildman–Crippen LogP) is -0.201. The lowest BCUT2D eigenvalue weighted by Gasteiger charge is -2.23. The molecule has 4 heteroatoms. The van der Waals surface area contributed by atoms with Crippen LogP contribution in [0, 0.1) is 5.92 Å². The topological polar surface area (TPSA) is 33.7 Å². The molecule has 1 N–H and O–H groups in total. The minimum Gasteiger partial charge on any atom is -0.383 e. The number of ether oxygens (including phenoxy) is 2. The quantitative estimate of drug-likeness (QED) is 0.647. The van der Waals surface area contributed by atoms with Gasteiger partial charge in [-0.25, -0.2) is 0 Å². The third-order valence-electron chi connectivity index (χ3n) is 2.79. The van der Waals surface area contributed by atoms with E-state index in [0.717, 1.165) is 32.9 Å². The van der Waals surface area contributed by atoms with Crippen molar-refractivity contribution in [2.45, 2.75) is 6.04 Å². The van der Waals surface area contributed by atoms with Crippen LogP contribution in [-0.4, -0.2) is 65.1 Å². The van der Waals surface area contributed by atoms with Crippen LogP contribution >= 0.6 is 0 Å². The molecule has 0 aromatic heterocycles. The second kappa shape index (κ2) is 6.35. The van der Waals surface area contributed by atoms with E-state index in [1.165, 1.54) is 0 Å². The second-order valence-electron chi connectivity index (χ2n) is 3.95. The van der Waals surface area contributed by atoms with Gasteiger partial charge in [-0.05, 0) is 14.1 Å². The standard InChI is InChI=1S/C10H22N2O2/c1-11-10-8-14-7-9(10)6-12(2)4-5-13-3/h9-11H,4-8H2,1-3H3. The first-order chi connectivity index (χ1) is 6.77. The van der Waals surface area contributed by atoms with Gasteiger partial charge in [0.25, 0.3) is 0 Å². The molecular formula is C10H22N2O2. The Hall–Kier alpha value is -0.160. The molecule has 14 heavy (non-hydrogen) atoms. The molecule has 0 amide bonds. The Morgan fingerprint density at radius 3 is 2.93 bits per heavy atom. The zero-order chi connectivity index (χ0) is 10.4. The van der Waals surface area contributed by atoms with Crippen LogP contribution in [0.5, 0.6) is 0 Å². The van der Waals surface area contributed by atoms with Crippen LogP contribution in [0.15, 0.2) is 0 Å². The fourth-order valence-corrected chi connectivity index (χ4v) is 1.84. The number of likely N-dealkylation sites (N-methyl/N-ethyl adjacent to an activating group) is 2. The molecule has 4 nitrogen and oxygen atoms in total. The molecule has 0 radical (unpaired) electrons. The van der Waals surface area contributed by atoms with Crippen LogP contribution in [-0.2, 0) is 9.47 Å². The van der Waals surface area contributed by atoms with E-state index in [-0.39, 0.29) is 0 Å². The number of hydrogen-bond donors (Lipinski definition) is 1. The fourth-order valence-electron chi connectivity index (χ4n) is 1.84. The number of nitrogens with one attached hydrogen (secondary N) is 1. The second-order valence-corrected chi connectivity index (χ2v) is 3.95. The van der Waals surface area contributed by atoms with Crippen molar-refractivity contribution in [1.29, 1.82) is 0 Å². The summed E-state index contributed by atoms with van der Waals surface area (Å²) in [6.45, 7) is 4.59. The predicted molar refractivity (Wildman–Crippen MR) is 56.5 cm³/mol. The lowest BCUT2D eigenvalue weighted by atomic mass is 10.0. The maximum atomic E-state index is 5.45. The van der Waals surface area contributed by atoms with Crippen LogP contribution in [0.3, 0.4) is 0 Å². The highest BCUT2D eigenvalue weighted by Crippen LogP contribution is 2.14. The molecule has 0 saturated carbocycles. The summed E-state index contributed by atoms with van der Waals surface area (Å²) in [5.41, 5.74) is 0. The van der Waals surface area contributed by atoms with Gasteiger partial charge in [-0.15, -0.1) is 0 Å². The summed E-state index contributed by atoms with van der Waals surface area (Å²) in [7, 11) is 5.87. The zero-order valence-electron chi connectivity index (χ0n) is 9.45. The maximum absolute atomic E-state index is 5.45. The van der Waals surface area contributed by atoms with Gasteiger partial charge in [0.1, 0.15) is 0 Å². The molecule has 1 saturated heterocycles. The van der Waals surface area contributed by atoms with E-state index >= 15 is 0 Å². The van der Waals surface area contributed by atoms with Gasteiger partial charge in [0.15, 0.2) is 0 Å². The van der Waals surface area contributed by atoms with Gasteiger partial charge < -0.3 is 19.7 Å². The van der Waals surface area contributed by atoms with Crippen molar-refractivity contribution >= 4 is 0 Å². The van der Waals surface area contributed by atoms with Gasteiger partial charge >= 0.3 is 0 Å². The van der Waals surface area contributed by atoms with E-state index in [2.05, 4.69) is 17.3 Å². The Morgan fingerprint density at radius 2 is 2.29 bits per heavy atom. The van der Waals surface area contributed by atoms with Crippen molar-refractivity contribution in [3.05, 3.63) is 0 Å². The van der Waals surface area contributed by atoms with E-state index in [4.69, 9.17) is 9.47 Å². The highest BCUT2D eigenvalue weighted by Gasteiger charge is 2.27. The Labute approximate surface area is 86.6 Å². The van der Waals surface area contributed by atoms with Crippen LogP contribution in [0.2, 0.25) is 0 Å². The van der Waals surface area contributed by atoms with Gasteiger partial charge in [0, 0.05) is 32.2 Å². The van der Waals surface area contributed by atoms with Gasteiger partial charge in [-0.2, -0.15) is 0 Å². The Morgan fingerprint density at radius 1 is 1.50 bits per heavy atom. The Bertz CT molecular complexity index is 155. The smallest absolute Gasteiger partial charge is 0.0623 e. The van der Waals surface area contributed by atoms with Crippen molar-refractivity contribution in [2.75, 3.05) is 54.1 Å². The van der Waals surface area contributed by atoms with Gasteiger partial charge in [-0.3, -0.25) is 0 Å². The third kappa shape index (κ3) is 3.53. The normalized spacial score (nSPS) is 27.4. The molecule has 84 valence electrons. The highest BCUT2D eigenvalue weighted by atomic mass is 16.5. The van der Waals surface area contributed by atoms with E-state index in [1.807, 2.05) is 7.05 Å². The largest absolute Gasteiger partial charge is 0.383 e. The molecule has 2 unspecified atom stereocenters. The van der Waals surface area contributed by atoms with Crippen LogP contribution in [0.4, 0.5) is 0 Å². The van der Waals surface area contributed by atoms with E-state index in [9.17, 15) is 0 Å². The van der Waals surface area contributed by atoms with Gasteiger partial charge in [0.05, 0.1) is 19.8 Å². The molecular weight excluding hydrogens is 180 g/mol. The van der Waals surface area contributed by atoms with E-state index < -0.39 is 0 Å². The molecule has 1 aliphatic heterocycles. The van der Waals surface area contributed by atoms with Gasteiger partial charge in [0.2, 0.25) is 0 Å². The minimum atomic E-state index is 0.514. The third-order valence-corrected chi connectivity index (χ3v) is 2.79. The molecule has 0 aliphatic carbocycles. The monoisotopic (exact) mass is 202 g/mol. The lowest BCUT2D eigenvalue weighted by molar-refractivity contribution is 0.142. The number of rotatable bonds is 6. The van der Waals surface area contributed by atoms with Crippen LogP contribution < -0.4 is 5.32 Å². The van der Waals surface area contributed by atoms with Crippen LogP contribution in [0.1, 0.15) is 0 Å². The van der Waals surface area contributed by atoms with Crippen molar-refractivity contribution in [2.24, 2.45) is 5.92 Å². The first-order valence-corrected chi connectivity index (χ1v) is 5.20. The Balaban J connectivity index is 2.21. The van der Waals surface area contributed by atoms with Crippen molar-refractivity contribution in [3.63, 3.8) is 0 Å². The highest BCUT2D eigenvalue weighted by molar-refractivity contribution is 4.81. The van der Waals surface area contributed by atoms with Gasteiger partial charge in [-0.1, -0.05) is 0 Å². The van der Waals surface area contributed by atoms with Crippen molar-refractivity contribution in [1.82, 2.24) is 10.2 Å². The lowest BCUT2D eigenvalue weighted by Crippen LogP contribution is -2.39. The molecule has 2 atom stereocenters. The van der Waals surface area contributed by atoms with Crippen molar-refractivity contribution in [3.8, 4) is 0 Å². The van der Waals surface area contributed by atoms with E-state index in [1.54, 1.807) is 7.11 Å². The first-order valence-electron chi connectivity index (χ1n) is 5.20. The summed E-state index contributed by atoms with van der Waals surface area (Å²) in [6.07, 6.45) is 0. The summed E-state index contributed by atoms with van der Waals surface area (Å²) in [4.78, 5) is 2.30. The molecule has 1 fully saturated rings. The number of methoxy groups -OCH3 is 1. The van der Waals surface area contributed by atoms with E-state index in [0.29, 0.717) is 12.0 Å². The Kier molecular flexibility index (Phi) is 5.40. The SMILES string of the molecule is CNC1COCC1CN(C)CCOC. The molecule has 1 aliphatic rings. The molecule has 0 bridgehead atoms. The average molecular weight is 202 g/mol. The summed E-state index contributed by atoms with van der Waals surface area (Å²) in [6, 6.07) is 0.514. The summed E-state index contributed by atoms with van der Waals surface area (Å²) in [5, 5.41) is 3.29. The summed E-state index contributed by atoms with van der Waals surface area (Å²) < 4.78 is 10.5.